The third-order valence-corrected chi connectivity index (χ3v) is 8.90. The van der Waals surface area contributed by atoms with E-state index in [0.29, 0.717) is 17.7 Å². The van der Waals surface area contributed by atoms with Gasteiger partial charge in [0, 0.05) is 23.4 Å². The molecule has 33 heavy (non-hydrogen) atoms. The summed E-state index contributed by atoms with van der Waals surface area (Å²) in [6.07, 6.45) is 7.09. The van der Waals surface area contributed by atoms with Gasteiger partial charge in [-0.3, -0.25) is 9.93 Å². The number of aryl methyl sites for hydroxylation is 2. The lowest BCUT2D eigenvalue weighted by molar-refractivity contribution is -0.109. The van der Waals surface area contributed by atoms with Crippen molar-refractivity contribution < 1.29 is 17.8 Å². The van der Waals surface area contributed by atoms with E-state index < -0.39 is 21.5 Å². The van der Waals surface area contributed by atoms with Crippen LogP contribution in [0.3, 0.4) is 0 Å². The topological polar surface area (TPSA) is 72.2 Å². The lowest BCUT2D eigenvalue weighted by atomic mass is 9.98. The Hall–Kier alpha value is -2.25. The standard InChI is InChI=1S/C26H30F2N2O2S/c27-26(28)12-11-18(15-26)13-17-7-9-21(10-8-17)33(29,32)16-24(31)30-25-22-5-1-3-19(22)14-20-4-2-6-23(20)25/h7-10,14,16,18H,1-6,11-13,15H2,(H2,29,32)(H,30,31). The smallest absolute Gasteiger partial charge is 0.258 e. The van der Waals surface area contributed by atoms with Crippen molar-refractivity contribution in [1.29, 1.82) is 0 Å². The molecule has 2 unspecified atom stereocenters. The number of carbonyl (C=O) groups is 1. The summed E-state index contributed by atoms with van der Waals surface area (Å²) in [5.41, 5.74) is 6.87. The molecule has 4 nitrogen and oxygen atoms in total. The van der Waals surface area contributed by atoms with E-state index in [1.807, 2.05) is 0 Å². The minimum atomic E-state index is -3.18. The Morgan fingerprint density at radius 3 is 2.30 bits per heavy atom. The molecule has 176 valence electrons. The second-order valence-electron chi connectivity index (χ2n) is 9.80. The van der Waals surface area contributed by atoms with E-state index in [1.54, 1.807) is 24.3 Å². The van der Waals surface area contributed by atoms with Crippen molar-refractivity contribution in [2.24, 2.45) is 11.1 Å². The van der Waals surface area contributed by atoms with Gasteiger partial charge in [0.1, 0.15) is 0 Å². The van der Waals surface area contributed by atoms with Gasteiger partial charge in [0.2, 0.25) is 5.92 Å². The first kappa shape index (κ1) is 22.5. The lowest BCUT2D eigenvalue weighted by Crippen LogP contribution is -2.25. The number of rotatable bonds is 5. The van der Waals surface area contributed by atoms with Crippen molar-refractivity contribution in [3.8, 4) is 0 Å². The Kier molecular flexibility index (Phi) is 5.81. The summed E-state index contributed by atoms with van der Waals surface area (Å²) in [4.78, 5) is 13.2. The third kappa shape index (κ3) is 4.71. The molecule has 7 heteroatoms. The molecule has 5 rings (SSSR count). The number of hydrogen-bond donors (Lipinski definition) is 2. The summed E-state index contributed by atoms with van der Waals surface area (Å²) in [7, 11) is -3.18. The van der Waals surface area contributed by atoms with Gasteiger partial charge in [0.15, 0.2) is 0 Å². The van der Waals surface area contributed by atoms with Crippen LogP contribution in [0.15, 0.2) is 35.2 Å². The van der Waals surface area contributed by atoms with Crippen molar-refractivity contribution >= 4 is 26.7 Å². The van der Waals surface area contributed by atoms with E-state index in [1.165, 1.54) is 22.3 Å². The molecule has 3 N–H and O–H groups in total. The van der Waals surface area contributed by atoms with Gasteiger partial charge in [0.25, 0.3) is 5.91 Å². The number of hydrogen-bond acceptors (Lipinski definition) is 2. The van der Waals surface area contributed by atoms with Crippen LogP contribution in [-0.4, -0.2) is 21.4 Å². The van der Waals surface area contributed by atoms with Crippen molar-refractivity contribution in [2.75, 3.05) is 5.32 Å². The maximum absolute atomic E-state index is 13.4. The monoisotopic (exact) mass is 472 g/mol. The van der Waals surface area contributed by atoms with Gasteiger partial charge in [-0.05, 0) is 97.2 Å². The van der Waals surface area contributed by atoms with Gasteiger partial charge >= 0.3 is 0 Å². The minimum absolute atomic E-state index is 0.0419. The van der Waals surface area contributed by atoms with Gasteiger partial charge in [-0.25, -0.2) is 13.0 Å². The fraction of sp³-hybridized carbons (Fsp3) is 0.462. The molecule has 1 saturated carbocycles. The molecule has 1 amide bonds. The average molecular weight is 473 g/mol. The molecule has 2 aromatic rings. The van der Waals surface area contributed by atoms with E-state index in [9.17, 15) is 17.8 Å². The lowest BCUT2D eigenvalue weighted by Gasteiger charge is -2.16. The number of benzene rings is 2. The Bertz CT molecular complexity index is 1180. The predicted molar refractivity (Wildman–Crippen MR) is 128 cm³/mol. The van der Waals surface area contributed by atoms with Crippen LogP contribution in [0.2, 0.25) is 0 Å². The zero-order valence-electron chi connectivity index (χ0n) is 18.7. The predicted octanol–water partition coefficient (Wildman–Crippen LogP) is 4.60. The molecule has 3 aliphatic carbocycles. The van der Waals surface area contributed by atoms with E-state index in [2.05, 4.69) is 11.4 Å². The highest BCUT2D eigenvalue weighted by Gasteiger charge is 2.39. The van der Waals surface area contributed by atoms with Crippen LogP contribution < -0.4 is 10.5 Å². The van der Waals surface area contributed by atoms with Crippen LogP contribution in [-0.2, 0) is 46.6 Å². The van der Waals surface area contributed by atoms with Crippen LogP contribution in [0.25, 0.3) is 0 Å². The van der Waals surface area contributed by atoms with E-state index >= 15 is 0 Å². The number of carbonyl (C=O) groups excluding carboxylic acids is 1. The van der Waals surface area contributed by atoms with Crippen LogP contribution in [0, 0.1) is 5.92 Å². The SMILES string of the molecule is NS(=O)(=CC(=O)Nc1c2c(cc3c1CCC3)CCC2)c1ccc(CC2CCC(F)(F)C2)cc1. The fourth-order valence-electron chi connectivity index (χ4n) is 5.73. The van der Waals surface area contributed by atoms with Gasteiger partial charge in [0.05, 0.1) is 15.1 Å². The summed E-state index contributed by atoms with van der Waals surface area (Å²) in [6, 6.07) is 9.14. The maximum atomic E-state index is 13.4. The average Bonchev–Trinajstić information content (AvgIpc) is 3.47. The van der Waals surface area contributed by atoms with Gasteiger partial charge in [-0.2, -0.15) is 0 Å². The molecule has 0 radical (unpaired) electrons. The van der Waals surface area contributed by atoms with Crippen molar-refractivity contribution in [1.82, 2.24) is 0 Å². The number of anilines is 1. The highest BCUT2D eigenvalue weighted by molar-refractivity contribution is 8.00. The molecular formula is C26H30F2N2O2S. The van der Waals surface area contributed by atoms with E-state index in [-0.39, 0.29) is 18.8 Å². The molecule has 2 aromatic carbocycles. The molecule has 0 spiro atoms. The van der Waals surface area contributed by atoms with Crippen LogP contribution in [0.1, 0.15) is 59.9 Å². The molecule has 0 aromatic heterocycles. The number of alkyl halides is 2. The second-order valence-corrected chi connectivity index (χ2v) is 11.8. The van der Waals surface area contributed by atoms with Crippen LogP contribution in [0.5, 0.6) is 0 Å². The summed E-state index contributed by atoms with van der Waals surface area (Å²) in [6.45, 7) is 0. The Morgan fingerprint density at radius 1 is 1.09 bits per heavy atom. The number of nitrogens with one attached hydrogen (secondary N) is 1. The summed E-state index contributed by atoms with van der Waals surface area (Å²) in [5, 5.41) is 10.2. The first-order valence-corrected chi connectivity index (χ1v) is 13.5. The van der Waals surface area contributed by atoms with Crippen LogP contribution in [0.4, 0.5) is 14.5 Å². The molecule has 0 aliphatic heterocycles. The highest BCUT2D eigenvalue weighted by Crippen LogP contribution is 2.40. The number of fused-ring (bicyclic) bond motifs is 2. The van der Waals surface area contributed by atoms with Gasteiger partial charge in [-0.15, -0.1) is 0 Å². The maximum Gasteiger partial charge on any atom is 0.258 e. The molecule has 0 bridgehead atoms. The number of nitrogens with two attached hydrogens (primary N) is 1. The van der Waals surface area contributed by atoms with E-state index in [0.717, 1.165) is 55.1 Å². The summed E-state index contributed by atoms with van der Waals surface area (Å²) in [5.74, 6) is -3.05. The zero-order chi connectivity index (χ0) is 23.2. The summed E-state index contributed by atoms with van der Waals surface area (Å²) < 4.78 is 40.0. The first-order valence-electron chi connectivity index (χ1n) is 11.8. The van der Waals surface area contributed by atoms with Crippen LogP contribution >= 0.6 is 0 Å². The fourth-order valence-corrected chi connectivity index (χ4v) is 6.81. The normalized spacial score (nSPS) is 22.5. The quantitative estimate of drug-likeness (QED) is 0.625. The Labute approximate surface area is 194 Å². The molecular weight excluding hydrogens is 442 g/mol. The largest absolute Gasteiger partial charge is 0.321 e. The number of amides is 1. The summed E-state index contributed by atoms with van der Waals surface area (Å²) >= 11 is 0. The van der Waals surface area contributed by atoms with Crippen molar-refractivity contribution in [3.63, 3.8) is 0 Å². The first-order chi connectivity index (χ1) is 15.7. The minimum Gasteiger partial charge on any atom is -0.321 e. The second kappa shape index (κ2) is 8.51. The van der Waals surface area contributed by atoms with E-state index in [4.69, 9.17) is 5.14 Å². The Balaban J connectivity index is 1.32. The zero-order valence-corrected chi connectivity index (χ0v) is 19.5. The molecule has 2 atom stereocenters. The van der Waals surface area contributed by atoms with Crippen molar-refractivity contribution in [2.45, 2.75) is 75.0 Å². The number of halogens is 2. The Morgan fingerprint density at radius 2 is 1.73 bits per heavy atom. The highest BCUT2D eigenvalue weighted by atomic mass is 32.2. The van der Waals surface area contributed by atoms with Gasteiger partial charge < -0.3 is 5.32 Å². The third-order valence-electron chi connectivity index (χ3n) is 7.33. The van der Waals surface area contributed by atoms with Crippen molar-refractivity contribution in [3.05, 3.63) is 58.1 Å². The molecule has 0 saturated heterocycles. The molecule has 3 aliphatic rings. The van der Waals surface area contributed by atoms with Gasteiger partial charge in [-0.1, -0.05) is 18.2 Å². The molecule has 1 fully saturated rings. The molecule has 0 heterocycles.